The Hall–Kier alpha value is -2.24. The highest BCUT2D eigenvalue weighted by atomic mass is 16.5. The van der Waals surface area contributed by atoms with Crippen LogP contribution in [0.3, 0.4) is 0 Å². The molecule has 0 fully saturated rings. The van der Waals surface area contributed by atoms with Crippen LogP contribution in [0.15, 0.2) is 18.2 Å². The lowest BCUT2D eigenvalue weighted by Crippen LogP contribution is -2.40. The third kappa shape index (κ3) is 3.01. The molecule has 2 rings (SSSR count). The molecule has 20 heavy (non-hydrogen) atoms. The van der Waals surface area contributed by atoms with Gasteiger partial charge in [0.2, 0.25) is 5.91 Å². The van der Waals surface area contributed by atoms with Crippen LogP contribution in [0, 0.1) is 5.92 Å². The maximum Gasteiger partial charge on any atom is 0.323 e. The van der Waals surface area contributed by atoms with Crippen molar-refractivity contribution in [1.29, 1.82) is 0 Å². The second-order valence-corrected chi connectivity index (χ2v) is 4.77. The minimum absolute atomic E-state index is 0.221. The molecule has 1 heterocycles. The zero-order chi connectivity index (χ0) is 14.7. The Morgan fingerprint density at radius 2 is 2.25 bits per heavy atom. The second-order valence-electron chi connectivity index (χ2n) is 4.77. The predicted octanol–water partition coefficient (Wildman–Crippen LogP) is 0.789. The van der Waals surface area contributed by atoms with Crippen LogP contribution >= 0.6 is 0 Å². The van der Waals surface area contributed by atoms with E-state index in [4.69, 9.17) is 14.6 Å². The van der Waals surface area contributed by atoms with Crippen LogP contribution in [0.2, 0.25) is 0 Å². The second kappa shape index (κ2) is 5.81. The molecule has 108 valence electrons. The number of likely N-dealkylation sites (N-methyl/N-ethyl adjacent to an activating group) is 1. The quantitative estimate of drug-likeness (QED) is 0.881. The van der Waals surface area contributed by atoms with Crippen molar-refractivity contribution in [3.8, 4) is 11.5 Å². The number of ether oxygens (including phenoxy) is 2. The normalized spacial score (nSPS) is 16.8. The van der Waals surface area contributed by atoms with Gasteiger partial charge < -0.3 is 19.5 Å². The minimum Gasteiger partial charge on any atom is -0.497 e. The Kier molecular flexibility index (Phi) is 4.12. The Bertz CT molecular complexity index is 528. The number of carbonyl (C=O) groups is 2. The lowest BCUT2D eigenvalue weighted by molar-refractivity contribution is -0.145. The number of fused-ring (bicyclic) bond motifs is 1. The van der Waals surface area contributed by atoms with Crippen molar-refractivity contribution in [1.82, 2.24) is 4.90 Å². The van der Waals surface area contributed by atoms with Crippen molar-refractivity contribution in [3.63, 3.8) is 0 Å². The fourth-order valence-corrected chi connectivity index (χ4v) is 2.25. The first-order valence-electron chi connectivity index (χ1n) is 6.27. The molecule has 1 atom stereocenters. The number of rotatable bonds is 4. The van der Waals surface area contributed by atoms with Gasteiger partial charge in [-0.2, -0.15) is 0 Å². The van der Waals surface area contributed by atoms with Gasteiger partial charge in [0.15, 0.2) is 0 Å². The van der Waals surface area contributed by atoms with E-state index in [1.54, 1.807) is 13.2 Å². The Balaban J connectivity index is 2.09. The van der Waals surface area contributed by atoms with Crippen LogP contribution in [-0.2, 0) is 16.0 Å². The lowest BCUT2D eigenvalue weighted by atomic mass is 9.95. The molecule has 0 aromatic heterocycles. The number of amides is 1. The molecule has 0 radical (unpaired) electrons. The van der Waals surface area contributed by atoms with Crippen molar-refractivity contribution >= 4 is 11.9 Å². The number of carboxylic acid groups (broad SMARTS) is 1. The Morgan fingerprint density at radius 3 is 2.90 bits per heavy atom. The van der Waals surface area contributed by atoms with Gasteiger partial charge in [-0.25, -0.2) is 0 Å². The number of aliphatic carboxylic acids is 1. The van der Waals surface area contributed by atoms with E-state index >= 15 is 0 Å². The van der Waals surface area contributed by atoms with E-state index in [0.29, 0.717) is 12.2 Å². The van der Waals surface area contributed by atoms with E-state index < -0.39 is 5.97 Å². The van der Waals surface area contributed by atoms with E-state index in [2.05, 4.69) is 0 Å². The first-order chi connectivity index (χ1) is 9.51. The fraction of sp³-hybridized carbons (Fsp3) is 0.429. The highest BCUT2D eigenvalue weighted by molar-refractivity contribution is 5.83. The van der Waals surface area contributed by atoms with Crippen molar-refractivity contribution in [2.45, 2.75) is 6.42 Å². The summed E-state index contributed by atoms with van der Waals surface area (Å²) in [4.78, 5) is 24.0. The summed E-state index contributed by atoms with van der Waals surface area (Å²) in [6.07, 6.45) is 0.523. The van der Waals surface area contributed by atoms with Crippen molar-refractivity contribution < 1.29 is 24.2 Å². The van der Waals surface area contributed by atoms with Crippen LogP contribution in [0.5, 0.6) is 11.5 Å². The molecule has 0 saturated carbocycles. The van der Waals surface area contributed by atoms with Gasteiger partial charge in [0, 0.05) is 7.05 Å². The standard InChI is InChI=1S/C14H17NO5/c1-15(7-13(16)17)14(18)10-5-9-6-11(19-2)3-4-12(9)20-8-10/h3-4,6,10H,5,7-8H2,1-2H3,(H,16,17)/t10-/m1/s1. The molecule has 6 heteroatoms. The third-order valence-electron chi connectivity index (χ3n) is 3.27. The Labute approximate surface area is 116 Å². The van der Waals surface area contributed by atoms with Gasteiger partial charge in [-0.15, -0.1) is 0 Å². The zero-order valence-corrected chi connectivity index (χ0v) is 11.5. The molecule has 0 aliphatic carbocycles. The van der Waals surface area contributed by atoms with Crippen LogP contribution < -0.4 is 9.47 Å². The summed E-state index contributed by atoms with van der Waals surface area (Å²) in [6, 6.07) is 5.46. The molecule has 0 unspecified atom stereocenters. The van der Waals surface area contributed by atoms with Gasteiger partial charge in [0.1, 0.15) is 24.7 Å². The molecular formula is C14H17NO5. The highest BCUT2D eigenvalue weighted by Crippen LogP contribution is 2.31. The maximum atomic E-state index is 12.1. The smallest absolute Gasteiger partial charge is 0.323 e. The molecule has 1 aromatic carbocycles. The van der Waals surface area contributed by atoms with Crippen LogP contribution in [0.4, 0.5) is 0 Å². The molecular weight excluding hydrogens is 262 g/mol. The van der Waals surface area contributed by atoms with E-state index in [0.717, 1.165) is 11.3 Å². The summed E-state index contributed by atoms with van der Waals surface area (Å²) >= 11 is 0. The third-order valence-corrected chi connectivity index (χ3v) is 3.27. The summed E-state index contributed by atoms with van der Waals surface area (Å²) in [5.41, 5.74) is 0.901. The first kappa shape index (κ1) is 14.2. The Morgan fingerprint density at radius 1 is 1.50 bits per heavy atom. The number of hydrogen-bond donors (Lipinski definition) is 1. The maximum absolute atomic E-state index is 12.1. The topological polar surface area (TPSA) is 76.1 Å². The van der Waals surface area contributed by atoms with Crippen LogP contribution in [0.1, 0.15) is 5.56 Å². The van der Waals surface area contributed by atoms with Crippen LogP contribution in [0.25, 0.3) is 0 Å². The molecule has 0 spiro atoms. The van der Waals surface area contributed by atoms with E-state index in [9.17, 15) is 9.59 Å². The molecule has 1 aliphatic rings. The number of methoxy groups -OCH3 is 1. The van der Waals surface area contributed by atoms with Gasteiger partial charge >= 0.3 is 5.97 Å². The largest absolute Gasteiger partial charge is 0.497 e. The predicted molar refractivity (Wildman–Crippen MR) is 71.0 cm³/mol. The van der Waals surface area contributed by atoms with Gasteiger partial charge in [-0.05, 0) is 30.2 Å². The lowest BCUT2D eigenvalue weighted by Gasteiger charge is -2.27. The number of nitrogens with zero attached hydrogens (tertiary/aromatic N) is 1. The minimum atomic E-state index is -1.03. The first-order valence-corrected chi connectivity index (χ1v) is 6.27. The van der Waals surface area contributed by atoms with Crippen LogP contribution in [-0.4, -0.2) is 49.2 Å². The summed E-state index contributed by atoms with van der Waals surface area (Å²) in [7, 11) is 3.06. The number of carbonyl (C=O) groups excluding carboxylic acids is 1. The average molecular weight is 279 g/mol. The van der Waals surface area contributed by atoms with Crippen molar-refractivity contribution in [2.24, 2.45) is 5.92 Å². The summed E-state index contributed by atoms with van der Waals surface area (Å²) < 4.78 is 10.7. The van der Waals surface area contributed by atoms with E-state index in [1.165, 1.54) is 11.9 Å². The van der Waals surface area contributed by atoms with Gasteiger partial charge in [-0.1, -0.05) is 0 Å². The van der Waals surface area contributed by atoms with E-state index in [-0.39, 0.29) is 25.0 Å². The summed E-state index contributed by atoms with van der Waals surface area (Å²) in [5.74, 6) is -0.158. The zero-order valence-electron chi connectivity index (χ0n) is 11.5. The highest BCUT2D eigenvalue weighted by Gasteiger charge is 2.29. The monoisotopic (exact) mass is 279 g/mol. The van der Waals surface area contributed by atoms with Crippen molar-refractivity contribution in [3.05, 3.63) is 23.8 Å². The summed E-state index contributed by atoms with van der Waals surface area (Å²) in [6.45, 7) is -0.0393. The number of hydrogen-bond acceptors (Lipinski definition) is 4. The molecule has 6 nitrogen and oxygen atoms in total. The van der Waals surface area contributed by atoms with Crippen molar-refractivity contribution in [2.75, 3.05) is 27.3 Å². The number of benzene rings is 1. The average Bonchev–Trinajstić information content (AvgIpc) is 2.44. The van der Waals surface area contributed by atoms with Gasteiger partial charge in [-0.3, -0.25) is 9.59 Å². The molecule has 1 amide bonds. The summed E-state index contributed by atoms with van der Waals surface area (Å²) in [5, 5.41) is 8.72. The molecule has 0 saturated heterocycles. The molecule has 1 aromatic rings. The van der Waals surface area contributed by atoms with Gasteiger partial charge in [0.05, 0.1) is 13.0 Å². The molecule has 0 bridgehead atoms. The fourth-order valence-electron chi connectivity index (χ4n) is 2.25. The van der Waals surface area contributed by atoms with E-state index in [1.807, 2.05) is 12.1 Å². The van der Waals surface area contributed by atoms with Gasteiger partial charge in [0.25, 0.3) is 0 Å². The number of carboxylic acids is 1. The molecule has 1 N–H and O–H groups in total. The molecule has 1 aliphatic heterocycles. The SMILES string of the molecule is COc1ccc2c(c1)C[C@@H](C(=O)N(C)CC(=O)O)CO2.